The maximum absolute atomic E-state index is 11.7. The molecule has 118 valence electrons. The Morgan fingerprint density at radius 3 is 2.57 bits per heavy atom. The summed E-state index contributed by atoms with van der Waals surface area (Å²) < 4.78 is 25.4. The van der Waals surface area contributed by atoms with Crippen molar-refractivity contribution in [1.29, 1.82) is 0 Å². The van der Waals surface area contributed by atoms with E-state index >= 15 is 0 Å². The first-order valence-electron chi connectivity index (χ1n) is 6.78. The third kappa shape index (κ3) is 5.60. The summed E-state index contributed by atoms with van der Waals surface area (Å²) in [6.45, 7) is 4.65. The van der Waals surface area contributed by atoms with Gasteiger partial charge in [0.15, 0.2) is 0 Å². The number of nitrogens with two attached hydrogens (primary N) is 1. The van der Waals surface area contributed by atoms with Gasteiger partial charge in [-0.1, -0.05) is 6.92 Å². The second-order valence-corrected chi connectivity index (χ2v) is 6.33. The molecular formula is C13H22N4O3S. The summed E-state index contributed by atoms with van der Waals surface area (Å²) in [5.74, 6) is -0.258. The van der Waals surface area contributed by atoms with Crippen molar-refractivity contribution in [3.05, 3.63) is 23.8 Å². The maximum atomic E-state index is 11.7. The van der Waals surface area contributed by atoms with E-state index in [1.807, 2.05) is 6.92 Å². The van der Waals surface area contributed by atoms with Gasteiger partial charge in [0.05, 0.1) is 17.1 Å². The molecule has 0 spiro atoms. The Morgan fingerprint density at radius 2 is 1.95 bits per heavy atom. The molecule has 1 aromatic rings. The standard InChI is InChI=1S/C13H22N4O3S/c1-3-15-13(18)10-5-6-11(14)12(9-10)16-7-8-21(19,20)17-4-2/h5-6,9,16-17H,3-4,7-8,14H2,1-2H3,(H,15,18). The van der Waals surface area contributed by atoms with Crippen LogP contribution in [-0.4, -0.2) is 39.7 Å². The zero-order chi connectivity index (χ0) is 15.9. The fourth-order valence-electron chi connectivity index (χ4n) is 1.73. The quantitative estimate of drug-likeness (QED) is 0.518. The first-order chi connectivity index (χ1) is 9.89. The van der Waals surface area contributed by atoms with Crippen LogP contribution in [0.25, 0.3) is 0 Å². The first-order valence-corrected chi connectivity index (χ1v) is 8.43. The van der Waals surface area contributed by atoms with Crippen LogP contribution >= 0.6 is 0 Å². The Hall–Kier alpha value is -1.80. The summed E-state index contributed by atoms with van der Waals surface area (Å²) in [7, 11) is -3.28. The lowest BCUT2D eigenvalue weighted by Crippen LogP contribution is -2.29. The van der Waals surface area contributed by atoms with Gasteiger partial charge in [0.2, 0.25) is 10.0 Å². The van der Waals surface area contributed by atoms with Crippen LogP contribution < -0.4 is 21.1 Å². The highest BCUT2D eigenvalue weighted by molar-refractivity contribution is 7.89. The highest BCUT2D eigenvalue weighted by Gasteiger charge is 2.10. The van der Waals surface area contributed by atoms with Crippen LogP contribution in [0.4, 0.5) is 11.4 Å². The van der Waals surface area contributed by atoms with E-state index in [1.54, 1.807) is 25.1 Å². The number of carbonyl (C=O) groups excluding carboxylic acids is 1. The molecule has 0 heterocycles. The van der Waals surface area contributed by atoms with E-state index in [2.05, 4.69) is 15.4 Å². The van der Waals surface area contributed by atoms with Crippen molar-refractivity contribution in [1.82, 2.24) is 10.0 Å². The summed E-state index contributed by atoms with van der Waals surface area (Å²) in [6, 6.07) is 4.85. The van der Waals surface area contributed by atoms with Crippen LogP contribution in [0.1, 0.15) is 24.2 Å². The largest absolute Gasteiger partial charge is 0.397 e. The molecule has 0 unspecified atom stereocenters. The molecule has 1 aromatic carbocycles. The highest BCUT2D eigenvalue weighted by atomic mass is 32.2. The molecule has 0 fully saturated rings. The van der Waals surface area contributed by atoms with Crippen molar-refractivity contribution < 1.29 is 13.2 Å². The van der Waals surface area contributed by atoms with Crippen LogP contribution in [0, 0.1) is 0 Å². The summed E-state index contributed by atoms with van der Waals surface area (Å²) in [5.41, 5.74) is 7.30. The van der Waals surface area contributed by atoms with Gasteiger partial charge in [0.25, 0.3) is 5.91 Å². The molecule has 0 saturated carbocycles. The van der Waals surface area contributed by atoms with Crippen LogP contribution in [-0.2, 0) is 10.0 Å². The predicted octanol–water partition coefficient (Wildman–Crippen LogP) is 0.370. The number of rotatable bonds is 8. The van der Waals surface area contributed by atoms with E-state index in [9.17, 15) is 13.2 Å². The van der Waals surface area contributed by atoms with E-state index in [0.717, 1.165) is 0 Å². The molecule has 0 bridgehead atoms. The summed E-state index contributed by atoms with van der Waals surface area (Å²) in [4.78, 5) is 11.7. The molecule has 1 amide bonds. The molecule has 0 aliphatic heterocycles. The molecule has 0 radical (unpaired) electrons. The average molecular weight is 314 g/mol. The van der Waals surface area contributed by atoms with Crippen molar-refractivity contribution in [2.75, 3.05) is 36.4 Å². The number of anilines is 2. The van der Waals surface area contributed by atoms with Crippen molar-refractivity contribution in [3.8, 4) is 0 Å². The zero-order valence-corrected chi connectivity index (χ0v) is 13.1. The highest BCUT2D eigenvalue weighted by Crippen LogP contribution is 2.19. The number of amides is 1. The van der Waals surface area contributed by atoms with Crippen molar-refractivity contribution in [3.63, 3.8) is 0 Å². The molecule has 0 aliphatic carbocycles. The Bertz CT molecular complexity index is 587. The Labute approximate surface area is 125 Å². The molecule has 21 heavy (non-hydrogen) atoms. The van der Waals surface area contributed by atoms with Gasteiger partial charge in [-0.2, -0.15) is 0 Å². The normalized spacial score (nSPS) is 11.1. The lowest BCUT2D eigenvalue weighted by Gasteiger charge is -2.11. The van der Waals surface area contributed by atoms with E-state index in [4.69, 9.17) is 5.73 Å². The summed E-state index contributed by atoms with van der Waals surface area (Å²) >= 11 is 0. The van der Waals surface area contributed by atoms with Crippen molar-refractivity contribution in [2.24, 2.45) is 0 Å². The molecule has 5 N–H and O–H groups in total. The van der Waals surface area contributed by atoms with E-state index in [-0.39, 0.29) is 18.2 Å². The molecule has 0 atom stereocenters. The molecule has 7 nitrogen and oxygen atoms in total. The van der Waals surface area contributed by atoms with Gasteiger partial charge in [-0.05, 0) is 25.1 Å². The van der Waals surface area contributed by atoms with E-state index in [1.165, 1.54) is 0 Å². The Kier molecular flexibility index (Phi) is 6.44. The summed E-state index contributed by atoms with van der Waals surface area (Å²) in [6.07, 6.45) is 0. The summed E-state index contributed by atoms with van der Waals surface area (Å²) in [5, 5.41) is 5.63. The third-order valence-corrected chi connectivity index (χ3v) is 4.17. The zero-order valence-electron chi connectivity index (χ0n) is 12.3. The van der Waals surface area contributed by atoms with Crippen molar-refractivity contribution in [2.45, 2.75) is 13.8 Å². The number of nitrogens with one attached hydrogen (secondary N) is 3. The van der Waals surface area contributed by atoms with E-state index in [0.29, 0.717) is 30.0 Å². The van der Waals surface area contributed by atoms with E-state index < -0.39 is 10.0 Å². The Morgan fingerprint density at radius 1 is 1.24 bits per heavy atom. The minimum Gasteiger partial charge on any atom is -0.397 e. The third-order valence-electron chi connectivity index (χ3n) is 2.70. The number of hydrogen-bond donors (Lipinski definition) is 4. The van der Waals surface area contributed by atoms with Gasteiger partial charge < -0.3 is 16.4 Å². The van der Waals surface area contributed by atoms with Crippen LogP contribution in [0.5, 0.6) is 0 Å². The minimum atomic E-state index is -3.28. The second kappa shape index (κ2) is 7.84. The lowest BCUT2D eigenvalue weighted by atomic mass is 10.1. The van der Waals surface area contributed by atoms with Gasteiger partial charge in [0, 0.05) is 25.2 Å². The molecule has 1 rings (SSSR count). The van der Waals surface area contributed by atoms with Gasteiger partial charge in [-0.3, -0.25) is 4.79 Å². The van der Waals surface area contributed by atoms with Crippen LogP contribution in [0.2, 0.25) is 0 Å². The van der Waals surface area contributed by atoms with Gasteiger partial charge in [0.1, 0.15) is 0 Å². The molecule has 0 aromatic heterocycles. The number of hydrogen-bond acceptors (Lipinski definition) is 5. The second-order valence-electron chi connectivity index (χ2n) is 4.41. The molecular weight excluding hydrogens is 292 g/mol. The molecule has 0 saturated heterocycles. The smallest absolute Gasteiger partial charge is 0.251 e. The SMILES string of the molecule is CCNC(=O)c1ccc(N)c(NCCS(=O)(=O)NCC)c1. The van der Waals surface area contributed by atoms with Crippen LogP contribution in [0.15, 0.2) is 18.2 Å². The fraction of sp³-hybridized carbons (Fsp3) is 0.462. The van der Waals surface area contributed by atoms with Crippen LogP contribution in [0.3, 0.4) is 0 Å². The number of nitrogen functional groups attached to an aromatic ring is 1. The molecule has 0 aliphatic rings. The Balaban J connectivity index is 2.70. The molecule has 8 heteroatoms. The van der Waals surface area contributed by atoms with Gasteiger partial charge >= 0.3 is 0 Å². The lowest BCUT2D eigenvalue weighted by molar-refractivity contribution is 0.0956. The maximum Gasteiger partial charge on any atom is 0.251 e. The van der Waals surface area contributed by atoms with Gasteiger partial charge in [-0.25, -0.2) is 13.1 Å². The minimum absolute atomic E-state index is 0.0638. The number of sulfonamides is 1. The van der Waals surface area contributed by atoms with Crippen molar-refractivity contribution >= 4 is 27.3 Å². The van der Waals surface area contributed by atoms with Gasteiger partial charge in [-0.15, -0.1) is 0 Å². The monoisotopic (exact) mass is 314 g/mol. The average Bonchev–Trinajstić information content (AvgIpc) is 2.40. The fourth-order valence-corrected chi connectivity index (χ4v) is 2.68. The topological polar surface area (TPSA) is 113 Å². The predicted molar refractivity (Wildman–Crippen MR) is 84.8 cm³/mol. The first kappa shape index (κ1) is 17.3. The number of carbonyl (C=O) groups is 1. The number of benzene rings is 1.